The SMILES string of the molecule is Cc1cc(C)c2[nH]c(-c3ccccc3)cc(=O)c2c1. The molecule has 0 saturated carbocycles. The average molecular weight is 249 g/mol. The Morgan fingerprint density at radius 3 is 2.42 bits per heavy atom. The monoisotopic (exact) mass is 249 g/mol. The molecule has 1 heterocycles. The van der Waals surface area contributed by atoms with E-state index < -0.39 is 0 Å². The van der Waals surface area contributed by atoms with Gasteiger partial charge in [0.05, 0.1) is 5.52 Å². The smallest absolute Gasteiger partial charge is 0.190 e. The van der Waals surface area contributed by atoms with Crippen molar-refractivity contribution in [3.63, 3.8) is 0 Å². The van der Waals surface area contributed by atoms with Crippen LogP contribution in [-0.2, 0) is 0 Å². The first-order valence-corrected chi connectivity index (χ1v) is 6.35. The Bertz CT molecular complexity index is 801. The molecule has 19 heavy (non-hydrogen) atoms. The first-order valence-electron chi connectivity index (χ1n) is 6.35. The van der Waals surface area contributed by atoms with Crippen LogP contribution >= 0.6 is 0 Å². The van der Waals surface area contributed by atoms with Crippen molar-refractivity contribution in [2.75, 3.05) is 0 Å². The van der Waals surface area contributed by atoms with Crippen molar-refractivity contribution in [2.24, 2.45) is 0 Å². The lowest BCUT2D eigenvalue weighted by atomic mass is 10.0. The maximum Gasteiger partial charge on any atom is 0.190 e. The number of aromatic nitrogens is 1. The number of rotatable bonds is 1. The van der Waals surface area contributed by atoms with Crippen LogP contribution in [0.25, 0.3) is 22.2 Å². The second kappa shape index (κ2) is 4.39. The second-order valence-corrected chi connectivity index (χ2v) is 4.92. The van der Waals surface area contributed by atoms with Crippen molar-refractivity contribution >= 4 is 10.9 Å². The van der Waals surface area contributed by atoms with Crippen molar-refractivity contribution in [1.82, 2.24) is 4.98 Å². The minimum atomic E-state index is 0.0689. The van der Waals surface area contributed by atoms with E-state index in [9.17, 15) is 4.79 Å². The molecule has 3 rings (SSSR count). The zero-order valence-electron chi connectivity index (χ0n) is 11.0. The molecule has 0 radical (unpaired) electrons. The number of fused-ring (bicyclic) bond motifs is 1. The van der Waals surface area contributed by atoms with E-state index in [1.165, 1.54) is 0 Å². The molecule has 0 unspecified atom stereocenters. The van der Waals surface area contributed by atoms with E-state index in [0.717, 1.165) is 33.3 Å². The molecule has 1 aromatic heterocycles. The van der Waals surface area contributed by atoms with E-state index in [1.807, 2.05) is 50.2 Å². The number of hydrogen-bond donors (Lipinski definition) is 1. The van der Waals surface area contributed by atoms with E-state index in [0.29, 0.717) is 0 Å². The predicted molar refractivity (Wildman–Crippen MR) is 79.5 cm³/mol. The molecular weight excluding hydrogens is 234 g/mol. The quantitative estimate of drug-likeness (QED) is 0.699. The highest BCUT2D eigenvalue weighted by Crippen LogP contribution is 2.21. The van der Waals surface area contributed by atoms with Gasteiger partial charge in [-0.2, -0.15) is 0 Å². The summed E-state index contributed by atoms with van der Waals surface area (Å²) in [6, 6.07) is 15.6. The van der Waals surface area contributed by atoms with Gasteiger partial charge in [0.25, 0.3) is 0 Å². The van der Waals surface area contributed by atoms with Gasteiger partial charge in [-0.05, 0) is 36.6 Å². The zero-order valence-corrected chi connectivity index (χ0v) is 11.0. The summed E-state index contributed by atoms with van der Waals surface area (Å²) in [5, 5.41) is 0.761. The number of aryl methyl sites for hydroxylation is 2. The summed E-state index contributed by atoms with van der Waals surface area (Å²) in [5.74, 6) is 0. The Hall–Kier alpha value is -2.35. The number of hydrogen-bond acceptors (Lipinski definition) is 1. The van der Waals surface area contributed by atoms with E-state index in [4.69, 9.17) is 0 Å². The highest BCUT2D eigenvalue weighted by Gasteiger charge is 2.06. The number of nitrogens with one attached hydrogen (secondary N) is 1. The van der Waals surface area contributed by atoms with E-state index in [1.54, 1.807) is 6.07 Å². The normalized spacial score (nSPS) is 10.8. The number of H-pyrrole nitrogens is 1. The molecule has 0 spiro atoms. The van der Waals surface area contributed by atoms with Crippen LogP contribution < -0.4 is 5.43 Å². The predicted octanol–water partition coefficient (Wildman–Crippen LogP) is 3.81. The molecule has 0 atom stereocenters. The van der Waals surface area contributed by atoms with Crippen molar-refractivity contribution in [3.8, 4) is 11.3 Å². The largest absolute Gasteiger partial charge is 0.354 e. The van der Waals surface area contributed by atoms with Gasteiger partial charge < -0.3 is 4.98 Å². The molecule has 0 aliphatic carbocycles. The lowest BCUT2D eigenvalue weighted by Gasteiger charge is -2.08. The van der Waals surface area contributed by atoms with Gasteiger partial charge in [-0.1, -0.05) is 36.4 Å². The van der Waals surface area contributed by atoms with Gasteiger partial charge >= 0.3 is 0 Å². The van der Waals surface area contributed by atoms with Gasteiger partial charge in [0.1, 0.15) is 0 Å². The fraction of sp³-hybridized carbons (Fsp3) is 0.118. The molecule has 1 N–H and O–H groups in total. The Morgan fingerprint density at radius 1 is 0.947 bits per heavy atom. The van der Waals surface area contributed by atoms with E-state index >= 15 is 0 Å². The number of pyridine rings is 1. The van der Waals surface area contributed by atoms with Crippen LogP contribution in [-0.4, -0.2) is 4.98 Å². The highest BCUT2D eigenvalue weighted by molar-refractivity contribution is 5.84. The van der Waals surface area contributed by atoms with Gasteiger partial charge in [0, 0.05) is 17.1 Å². The van der Waals surface area contributed by atoms with Gasteiger partial charge in [0.2, 0.25) is 0 Å². The summed E-state index contributed by atoms with van der Waals surface area (Å²) in [6.07, 6.45) is 0. The Balaban J connectivity index is 2.34. The summed E-state index contributed by atoms with van der Waals surface area (Å²) < 4.78 is 0. The molecule has 3 aromatic rings. The van der Waals surface area contributed by atoms with E-state index in [2.05, 4.69) is 11.1 Å². The fourth-order valence-corrected chi connectivity index (χ4v) is 2.48. The van der Waals surface area contributed by atoms with E-state index in [-0.39, 0.29) is 5.43 Å². The third kappa shape index (κ3) is 2.06. The molecular formula is C17H15NO. The minimum absolute atomic E-state index is 0.0689. The van der Waals surface area contributed by atoms with Crippen LogP contribution in [0.4, 0.5) is 0 Å². The third-order valence-corrected chi connectivity index (χ3v) is 3.37. The molecule has 0 aliphatic rings. The van der Waals surface area contributed by atoms with Crippen molar-refractivity contribution in [1.29, 1.82) is 0 Å². The van der Waals surface area contributed by atoms with Crippen LogP contribution in [0.2, 0.25) is 0 Å². The fourth-order valence-electron chi connectivity index (χ4n) is 2.48. The molecule has 2 heteroatoms. The van der Waals surface area contributed by atoms with Crippen molar-refractivity contribution < 1.29 is 0 Å². The first-order chi connectivity index (χ1) is 9.15. The number of aromatic amines is 1. The lowest BCUT2D eigenvalue weighted by molar-refractivity contribution is 1.32. The second-order valence-electron chi connectivity index (χ2n) is 4.92. The summed E-state index contributed by atoms with van der Waals surface area (Å²) in [5.41, 5.74) is 5.11. The van der Waals surface area contributed by atoms with Crippen LogP contribution in [0, 0.1) is 13.8 Å². The lowest BCUT2D eigenvalue weighted by Crippen LogP contribution is -2.04. The Labute approximate surface area is 111 Å². The third-order valence-electron chi connectivity index (χ3n) is 3.37. The molecule has 0 fully saturated rings. The summed E-state index contributed by atoms with van der Waals surface area (Å²) >= 11 is 0. The maximum absolute atomic E-state index is 12.3. The Kier molecular flexibility index (Phi) is 2.71. The molecule has 0 aliphatic heterocycles. The molecule has 0 saturated heterocycles. The van der Waals surface area contributed by atoms with Crippen LogP contribution in [0.5, 0.6) is 0 Å². The number of benzene rings is 2. The molecule has 0 bridgehead atoms. The van der Waals surface area contributed by atoms with Crippen LogP contribution in [0.3, 0.4) is 0 Å². The maximum atomic E-state index is 12.3. The average Bonchev–Trinajstić information content (AvgIpc) is 2.41. The van der Waals surface area contributed by atoms with Gasteiger partial charge in [-0.3, -0.25) is 4.79 Å². The van der Waals surface area contributed by atoms with Crippen molar-refractivity contribution in [3.05, 3.63) is 69.9 Å². The Morgan fingerprint density at radius 2 is 1.68 bits per heavy atom. The molecule has 2 aromatic carbocycles. The standard InChI is InChI=1S/C17H15NO/c1-11-8-12(2)17-14(9-11)16(19)10-15(18-17)13-6-4-3-5-7-13/h3-10H,1-2H3,(H,18,19). The minimum Gasteiger partial charge on any atom is -0.354 e. The van der Waals surface area contributed by atoms with Crippen LogP contribution in [0.15, 0.2) is 53.3 Å². The van der Waals surface area contributed by atoms with Gasteiger partial charge in [0.15, 0.2) is 5.43 Å². The summed E-state index contributed by atoms with van der Waals surface area (Å²) in [4.78, 5) is 15.6. The summed E-state index contributed by atoms with van der Waals surface area (Å²) in [6.45, 7) is 4.04. The summed E-state index contributed by atoms with van der Waals surface area (Å²) in [7, 11) is 0. The molecule has 0 amide bonds. The topological polar surface area (TPSA) is 32.9 Å². The van der Waals surface area contributed by atoms with Gasteiger partial charge in [-0.15, -0.1) is 0 Å². The molecule has 94 valence electrons. The van der Waals surface area contributed by atoms with Crippen molar-refractivity contribution in [2.45, 2.75) is 13.8 Å². The van der Waals surface area contributed by atoms with Gasteiger partial charge in [-0.25, -0.2) is 0 Å². The highest BCUT2D eigenvalue weighted by atomic mass is 16.1. The van der Waals surface area contributed by atoms with Crippen LogP contribution in [0.1, 0.15) is 11.1 Å². The zero-order chi connectivity index (χ0) is 13.4. The molecule has 2 nitrogen and oxygen atoms in total. The first kappa shape index (κ1) is 11.7.